The number of hydrogen-bond donors (Lipinski definition) is 2. The first-order chi connectivity index (χ1) is 12.2. The predicted molar refractivity (Wildman–Crippen MR) is 93.1 cm³/mol. The molecule has 0 bridgehead atoms. The highest BCUT2D eigenvalue weighted by Crippen LogP contribution is 2.26. The number of nitro groups is 1. The molecule has 0 saturated carbocycles. The molecule has 0 saturated heterocycles. The minimum absolute atomic E-state index is 0.134. The molecule has 0 aromatic heterocycles. The van der Waals surface area contributed by atoms with Gasteiger partial charge in [-0.05, 0) is 12.5 Å². The maximum atomic E-state index is 12.0. The number of carbonyl (C=O) groups excluding carboxylic acids is 3. The summed E-state index contributed by atoms with van der Waals surface area (Å²) in [6.07, 6.45) is -0.211. The molecule has 0 aliphatic carbocycles. The predicted octanol–water partition coefficient (Wildman–Crippen LogP) is 1.26. The van der Waals surface area contributed by atoms with Crippen LogP contribution in [-0.4, -0.2) is 35.4 Å². The fourth-order valence-corrected chi connectivity index (χ4v) is 2.36. The van der Waals surface area contributed by atoms with E-state index in [9.17, 15) is 24.5 Å². The monoisotopic (exact) mass is 365 g/mol. The van der Waals surface area contributed by atoms with Crippen LogP contribution in [0, 0.1) is 16.0 Å². The summed E-state index contributed by atoms with van der Waals surface area (Å²) < 4.78 is 4.93. The number of hydrogen-bond acceptors (Lipinski definition) is 6. The molecule has 0 aliphatic rings. The van der Waals surface area contributed by atoms with Crippen molar-refractivity contribution < 1.29 is 24.0 Å². The number of nitrogens with one attached hydrogen (secondary N) is 1. The van der Waals surface area contributed by atoms with E-state index in [1.165, 1.54) is 24.3 Å². The summed E-state index contributed by atoms with van der Waals surface area (Å²) in [4.78, 5) is 46.2. The van der Waals surface area contributed by atoms with Crippen molar-refractivity contribution >= 4 is 23.5 Å². The van der Waals surface area contributed by atoms with E-state index in [1.807, 2.05) is 0 Å². The van der Waals surface area contributed by atoms with Crippen LogP contribution in [0.5, 0.6) is 0 Å². The third-order valence-corrected chi connectivity index (χ3v) is 3.75. The van der Waals surface area contributed by atoms with Crippen LogP contribution in [0.4, 0.5) is 5.69 Å². The standard InChI is InChI=1S/C17H23N3O6/c1-4-26-14(21)9-13(11-5-7-12(8-6-11)20(24)25)15(16(18)22)19-17(23)10(2)3/h5-8,10,13,15H,4,9H2,1-3H3,(H2,18,22)(H,19,23)/t13-,15+/m0/s1. The summed E-state index contributed by atoms with van der Waals surface area (Å²) >= 11 is 0. The number of rotatable bonds is 9. The molecular weight excluding hydrogens is 342 g/mol. The smallest absolute Gasteiger partial charge is 0.306 e. The molecule has 0 radical (unpaired) electrons. The van der Waals surface area contributed by atoms with Gasteiger partial charge in [-0.2, -0.15) is 0 Å². The second-order valence-electron chi connectivity index (χ2n) is 6.01. The van der Waals surface area contributed by atoms with Crippen LogP contribution in [0.1, 0.15) is 38.7 Å². The third kappa shape index (κ3) is 5.83. The molecule has 0 unspecified atom stereocenters. The number of primary amides is 1. The highest BCUT2D eigenvalue weighted by Gasteiger charge is 2.32. The highest BCUT2D eigenvalue weighted by atomic mass is 16.6. The number of carbonyl (C=O) groups is 3. The van der Waals surface area contributed by atoms with Gasteiger partial charge in [0.25, 0.3) is 5.69 Å². The third-order valence-electron chi connectivity index (χ3n) is 3.75. The molecule has 0 heterocycles. The van der Waals surface area contributed by atoms with Crippen molar-refractivity contribution in [1.29, 1.82) is 0 Å². The lowest BCUT2D eigenvalue weighted by Crippen LogP contribution is -2.49. The van der Waals surface area contributed by atoms with Crippen molar-refractivity contribution in [2.45, 2.75) is 39.2 Å². The van der Waals surface area contributed by atoms with E-state index in [0.29, 0.717) is 5.56 Å². The Hall–Kier alpha value is -2.97. The molecule has 9 heteroatoms. The molecule has 9 nitrogen and oxygen atoms in total. The molecule has 2 amide bonds. The van der Waals surface area contributed by atoms with Gasteiger partial charge in [0.05, 0.1) is 18.0 Å². The van der Waals surface area contributed by atoms with Crippen LogP contribution >= 0.6 is 0 Å². The Morgan fingerprint density at radius 3 is 2.23 bits per heavy atom. The number of nitrogens with zero attached hydrogens (tertiary/aromatic N) is 1. The van der Waals surface area contributed by atoms with Gasteiger partial charge in [0.15, 0.2) is 0 Å². The SMILES string of the molecule is CCOC(=O)C[C@@H](c1ccc([N+](=O)[O-])cc1)[C@@H](NC(=O)C(C)C)C(N)=O. The van der Waals surface area contributed by atoms with E-state index in [2.05, 4.69) is 5.32 Å². The van der Waals surface area contributed by atoms with Crippen molar-refractivity contribution in [2.24, 2.45) is 11.7 Å². The van der Waals surface area contributed by atoms with Gasteiger partial charge in [0.2, 0.25) is 11.8 Å². The number of nitrogens with two attached hydrogens (primary N) is 1. The van der Waals surface area contributed by atoms with Gasteiger partial charge in [-0.25, -0.2) is 0 Å². The van der Waals surface area contributed by atoms with Gasteiger partial charge < -0.3 is 15.8 Å². The summed E-state index contributed by atoms with van der Waals surface area (Å²) in [5, 5.41) is 13.4. The van der Waals surface area contributed by atoms with Crippen LogP contribution in [0.25, 0.3) is 0 Å². The normalized spacial score (nSPS) is 12.9. The van der Waals surface area contributed by atoms with E-state index >= 15 is 0 Å². The van der Waals surface area contributed by atoms with Crippen LogP contribution in [-0.2, 0) is 19.1 Å². The van der Waals surface area contributed by atoms with Gasteiger partial charge in [-0.1, -0.05) is 26.0 Å². The molecule has 0 fully saturated rings. The lowest BCUT2D eigenvalue weighted by Gasteiger charge is -2.26. The van der Waals surface area contributed by atoms with Crippen molar-refractivity contribution in [2.75, 3.05) is 6.61 Å². The summed E-state index contributed by atoms with van der Waals surface area (Å²) in [5.74, 6) is -2.98. The molecule has 0 aliphatic heterocycles. The van der Waals surface area contributed by atoms with Gasteiger partial charge in [-0.3, -0.25) is 24.5 Å². The van der Waals surface area contributed by atoms with Crippen LogP contribution in [0.15, 0.2) is 24.3 Å². The molecule has 1 aromatic rings. The Kier molecular flexibility index (Phi) is 7.70. The first-order valence-corrected chi connectivity index (χ1v) is 8.17. The number of nitro benzene ring substituents is 1. The highest BCUT2D eigenvalue weighted by molar-refractivity contribution is 5.89. The van der Waals surface area contributed by atoms with Crippen molar-refractivity contribution in [3.05, 3.63) is 39.9 Å². The Morgan fingerprint density at radius 2 is 1.81 bits per heavy atom. The minimum Gasteiger partial charge on any atom is -0.466 e. The van der Waals surface area contributed by atoms with Crippen molar-refractivity contribution in [1.82, 2.24) is 5.32 Å². The van der Waals surface area contributed by atoms with Gasteiger partial charge in [-0.15, -0.1) is 0 Å². The number of benzene rings is 1. The van der Waals surface area contributed by atoms with Gasteiger partial charge in [0.1, 0.15) is 6.04 Å². The van der Waals surface area contributed by atoms with Crippen LogP contribution < -0.4 is 11.1 Å². The minimum atomic E-state index is -1.16. The largest absolute Gasteiger partial charge is 0.466 e. The zero-order valence-electron chi connectivity index (χ0n) is 14.9. The number of ether oxygens (including phenoxy) is 1. The zero-order valence-corrected chi connectivity index (χ0v) is 14.9. The van der Waals surface area contributed by atoms with E-state index in [4.69, 9.17) is 10.5 Å². The quantitative estimate of drug-likeness (QED) is 0.383. The van der Waals surface area contributed by atoms with E-state index in [1.54, 1.807) is 20.8 Å². The average Bonchev–Trinajstić information content (AvgIpc) is 2.57. The topological polar surface area (TPSA) is 142 Å². The van der Waals surface area contributed by atoms with E-state index < -0.39 is 40.6 Å². The number of amides is 2. The molecule has 26 heavy (non-hydrogen) atoms. The molecule has 0 spiro atoms. The molecule has 2 atom stereocenters. The first kappa shape index (κ1) is 21.1. The fourth-order valence-electron chi connectivity index (χ4n) is 2.36. The second-order valence-corrected chi connectivity index (χ2v) is 6.01. The van der Waals surface area contributed by atoms with Crippen LogP contribution in [0.2, 0.25) is 0 Å². The number of non-ortho nitro benzene ring substituents is 1. The first-order valence-electron chi connectivity index (χ1n) is 8.17. The second kappa shape index (κ2) is 9.50. The summed E-state index contributed by atoms with van der Waals surface area (Å²) in [5.41, 5.74) is 5.76. The lowest BCUT2D eigenvalue weighted by molar-refractivity contribution is -0.384. The summed E-state index contributed by atoms with van der Waals surface area (Å²) in [7, 11) is 0. The lowest BCUT2D eigenvalue weighted by atomic mass is 9.87. The number of esters is 1. The maximum absolute atomic E-state index is 12.0. The Balaban J connectivity index is 3.23. The van der Waals surface area contributed by atoms with Gasteiger partial charge in [0, 0.05) is 24.0 Å². The average molecular weight is 365 g/mol. The molecular formula is C17H23N3O6. The fraction of sp³-hybridized carbons (Fsp3) is 0.471. The Labute approximate surface area is 151 Å². The van der Waals surface area contributed by atoms with Crippen molar-refractivity contribution in [3.8, 4) is 0 Å². The molecule has 3 N–H and O–H groups in total. The van der Waals surface area contributed by atoms with Crippen molar-refractivity contribution in [3.63, 3.8) is 0 Å². The molecule has 142 valence electrons. The molecule has 1 rings (SSSR count). The maximum Gasteiger partial charge on any atom is 0.306 e. The summed E-state index contributed by atoms with van der Waals surface area (Å²) in [6, 6.07) is 4.22. The molecule has 1 aromatic carbocycles. The summed E-state index contributed by atoms with van der Waals surface area (Å²) in [6.45, 7) is 5.11. The Morgan fingerprint density at radius 1 is 1.23 bits per heavy atom. The van der Waals surface area contributed by atoms with E-state index in [0.717, 1.165) is 0 Å². The van der Waals surface area contributed by atoms with E-state index in [-0.39, 0.29) is 18.7 Å². The van der Waals surface area contributed by atoms with Gasteiger partial charge >= 0.3 is 5.97 Å². The Bertz CT molecular complexity index is 672. The zero-order chi connectivity index (χ0) is 19.9. The van der Waals surface area contributed by atoms with Crippen LogP contribution in [0.3, 0.4) is 0 Å².